The maximum Gasteiger partial charge on any atom is 0.350 e. The van der Waals surface area contributed by atoms with E-state index in [9.17, 15) is 10.1 Å². The molecule has 0 amide bonds. The van der Waals surface area contributed by atoms with Gasteiger partial charge in [0.2, 0.25) is 0 Å². The summed E-state index contributed by atoms with van der Waals surface area (Å²) < 4.78 is 4.72. The van der Waals surface area contributed by atoms with Crippen LogP contribution in [0.2, 0.25) is 0 Å². The molecule has 0 aliphatic carbocycles. The molecule has 1 aliphatic rings. The third-order valence-corrected chi connectivity index (χ3v) is 4.85. The lowest BCUT2D eigenvalue weighted by Gasteiger charge is -2.35. The average molecular weight is 308 g/mol. The number of nitriles is 1. The van der Waals surface area contributed by atoms with E-state index >= 15 is 0 Å². The maximum absolute atomic E-state index is 11.7. The molecule has 1 aliphatic heterocycles. The number of ether oxygens (including phenoxy) is 1. The second-order valence-corrected chi connectivity index (χ2v) is 5.96. The third kappa shape index (κ3) is 3.12. The predicted molar refractivity (Wildman–Crippen MR) is 83.7 cm³/mol. The fraction of sp³-hybridized carbons (Fsp3) is 0.571. The Hall–Kier alpha value is -1.78. The van der Waals surface area contributed by atoms with Crippen molar-refractivity contribution < 1.29 is 9.53 Å². The number of carbonyl (C=O) groups excluding carboxylic acids is 1. The fourth-order valence-electron chi connectivity index (χ4n) is 2.50. The van der Waals surface area contributed by atoms with Gasteiger partial charge in [0, 0.05) is 26.2 Å². The molecular formula is C14H20N4O2S. The van der Waals surface area contributed by atoms with Crippen LogP contribution in [0.5, 0.6) is 0 Å². The van der Waals surface area contributed by atoms with Crippen LogP contribution in [-0.2, 0) is 4.74 Å². The molecular weight excluding hydrogens is 288 g/mol. The van der Waals surface area contributed by atoms with E-state index < -0.39 is 5.97 Å². The van der Waals surface area contributed by atoms with Crippen molar-refractivity contribution in [3.63, 3.8) is 0 Å². The van der Waals surface area contributed by atoms with Crippen LogP contribution in [0.3, 0.4) is 0 Å². The van der Waals surface area contributed by atoms with Gasteiger partial charge in [-0.1, -0.05) is 6.92 Å². The van der Waals surface area contributed by atoms with Crippen molar-refractivity contribution in [1.29, 1.82) is 5.26 Å². The minimum Gasteiger partial charge on any atom is -0.465 e. The minimum atomic E-state index is -0.482. The van der Waals surface area contributed by atoms with Crippen molar-refractivity contribution in [3.05, 3.63) is 10.4 Å². The number of methoxy groups -OCH3 is 1. The number of nitrogens with zero attached hydrogens (tertiary/aromatic N) is 3. The van der Waals surface area contributed by atoms with E-state index in [0.717, 1.165) is 44.1 Å². The highest BCUT2D eigenvalue weighted by Gasteiger charge is 2.26. The molecule has 1 saturated heterocycles. The Morgan fingerprint density at radius 2 is 2.10 bits per heavy atom. The van der Waals surface area contributed by atoms with Gasteiger partial charge in [-0.05, 0) is 13.0 Å². The molecule has 1 aromatic rings. The topological polar surface area (TPSA) is 82.6 Å². The van der Waals surface area contributed by atoms with Gasteiger partial charge in [0.25, 0.3) is 0 Å². The molecule has 0 unspecified atom stereocenters. The van der Waals surface area contributed by atoms with E-state index in [4.69, 9.17) is 10.5 Å². The smallest absolute Gasteiger partial charge is 0.350 e. The largest absolute Gasteiger partial charge is 0.465 e. The van der Waals surface area contributed by atoms with Crippen LogP contribution in [-0.4, -0.2) is 50.7 Å². The van der Waals surface area contributed by atoms with Gasteiger partial charge in [-0.15, -0.1) is 11.3 Å². The number of piperazine rings is 1. The summed E-state index contributed by atoms with van der Waals surface area (Å²) in [4.78, 5) is 16.6. The number of esters is 1. The molecule has 2 rings (SSSR count). The molecule has 1 aromatic heterocycles. The first-order valence-corrected chi connectivity index (χ1v) is 7.82. The van der Waals surface area contributed by atoms with Crippen molar-refractivity contribution >= 4 is 28.0 Å². The zero-order valence-electron chi connectivity index (χ0n) is 12.4. The summed E-state index contributed by atoms with van der Waals surface area (Å²) in [5, 5.41) is 10.1. The molecule has 0 aromatic carbocycles. The van der Waals surface area contributed by atoms with Gasteiger partial charge in [-0.2, -0.15) is 5.26 Å². The normalized spacial score (nSPS) is 15.8. The second kappa shape index (κ2) is 6.78. The Kier molecular flexibility index (Phi) is 5.04. The number of nitrogens with two attached hydrogens (primary N) is 1. The first kappa shape index (κ1) is 15.6. The quantitative estimate of drug-likeness (QED) is 0.849. The van der Waals surface area contributed by atoms with Crippen LogP contribution >= 0.6 is 11.3 Å². The zero-order valence-corrected chi connectivity index (χ0v) is 13.2. The van der Waals surface area contributed by atoms with Gasteiger partial charge in [-0.25, -0.2) is 4.79 Å². The molecule has 0 bridgehead atoms. The Morgan fingerprint density at radius 1 is 1.43 bits per heavy atom. The summed E-state index contributed by atoms with van der Waals surface area (Å²) in [6, 6.07) is 2.12. The summed E-state index contributed by atoms with van der Waals surface area (Å²) in [7, 11) is 1.32. The van der Waals surface area contributed by atoms with Gasteiger partial charge < -0.3 is 15.4 Å². The number of rotatable bonds is 4. The summed E-state index contributed by atoms with van der Waals surface area (Å²) >= 11 is 1.25. The number of anilines is 2. The second-order valence-electron chi connectivity index (χ2n) is 4.96. The average Bonchev–Trinajstić information content (AvgIpc) is 2.84. The summed E-state index contributed by atoms with van der Waals surface area (Å²) in [6.07, 6.45) is 1.14. The molecule has 114 valence electrons. The Labute approximate surface area is 128 Å². The summed E-state index contributed by atoms with van der Waals surface area (Å²) in [5.74, 6) is -0.482. The highest BCUT2D eigenvalue weighted by atomic mass is 32.1. The predicted octanol–water partition coefficient (Wildman–Crippen LogP) is 1.52. The Balaban J connectivity index is 2.21. The van der Waals surface area contributed by atoms with Crippen molar-refractivity contribution in [2.75, 3.05) is 50.5 Å². The van der Waals surface area contributed by atoms with Crippen LogP contribution in [0.1, 0.15) is 28.6 Å². The first-order valence-electron chi connectivity index (χ1n) is 7.00. The van der Waals surface area contributed by atoms with Crippen LogP contribution in [0, 0.1) is 11.3 Å². The fourth-order valence-corrected chi connectivity index (χ4v) is 3.64. The van der Waals surface area contributed by atoms with Gasteiger partial charge in [0.15, 0.2) is 0 Å². The van der Waals surface area contributed by atoms with Gasteiger partial charge >= 0.3 is 5.97 Å². The van der Waals surface area contributed by atoms with Gasteiger partial charge in [-0.3, -0.25) is 4.90 Å². The number of hydrogen-bond donors (Lipinski definition) is 1. The Morgan fingerprint density at radius 3 is 2.62 bits per heavy atom. The van der Waals surface area contributed by atoms with Gasteiger partial charge in [0.1, 0.15) is 21.5 Å². The molecule has 7 heteroatoms. The van der Waals surface area contributed by atoms with Gasteiger partial charge in [0.05, 0.1) is 12.8 Å². The van der Waals surface area contributed by atoms with Crippen LogP contribution in [0.4, 0.5) is 10.7 Å². The minimum absolute atomic E-state index is 0.236. The third-order valence-electron chi connectivity index (χ3n) is 3.61. The lowest BCUT2D eigenvalue weighted by Crippen LogP contribution is -2.46. The molecule has 2 N–H and O–H groups in total. The van der Waals surface area contributed by atoms with E-state index in [1.54, 1.807) is 0 Å². The van der Waals surface area contributed by atoms with Crippen molar-refractivity contribution in [2.45, 2.75) is 13.3 Å². The number of carbonyl (C=O) groups is 1. The van der Waals surface area contributed by atoms with Crippen molar-refractivity contribution in [3.8, 4) is 6.07 Å². The molecule has 21 heavy (non-hydrogen) atoms. The SMILES string of the molecule is CCCN1CCN(c2sc(C(=O)OC)c(N)c2C#N)CC1. The molecule has 2 heterocycles. The first-order chi connectivity index (χ1) is 10.1. The lowest BCUT2D eigenvalue weighted by molar-refractivity contribution is 0.0607. The summed E-state index contributed by atoms with van der Waals surface area (Å²) in [6.45, 7) is 6.88. The standard InChI is InChI=1S/C14H20N4O2S/c1-3-4-17-5-7-18(8-6-17)13-10(9-15)11(16)12(21-13)14(19)20-2/h3-8,16H2,1-2H3. The number of thiophene rings is 1. The van der Waals surface area contributed by atoms with Crippen LogP contribution in [0.25, 0.3) is 0 Å². The zero-order chi connectivity index (χ0) is 15.4. The Bertz CT molecular complexity index is 556. The molecule has 1 fully saturated rings. The van der Waals surface area contributed by atoms with Crippen LogP contribution in [0.15, 0.2) is 0 Å². The molecule has 0 spiro atoms. The van der Waals surface area contributed by atoms with Crippen LogP contribution < -0.4 is 10.6 Å². The number of hydrogen-bond acceptors (Lipinski definition) is 7. The van der Waals surface area contributed by atoms with E-state index in [-0.39, 0.29) is 5.69 Å². The van der Waals surface area contributed by atoms with E-state index in [1.807, 2.05) is 0 Å². The molecule has 6 nitrogen and oxygen atoms in total. The van der Waals surface area contributed by atoms with Crippen molar-refractivity contribution in [1.82, 2.24) is 4.90 Å². The number of nitrogen functional groups attached to an aromatic ring is 1. The van der Waals surface area contributed by atoms with E-state index in [2.05, 4.69) is 22.8 Å². The monoisotopic (exact) mass is 308 g/mol. The maximum atomic E-state index is 11.7. The highest BCUT2D eigenvalue weighted by molar-refractivity contribution is 7.18. The molecule has 0 saturated carbocycles. The highest BCUT2D eigenvalue weighted by Crippen LogP contribution is 2.38. The van der Waals surface area contributed by atoms with E-state index in [0.29, 0.717) is 10.4 Å². The molecule has 0 radical (unpaired) electrons. The van der Waals surface area contributed by atoms with E-state index in [1.165, 1.54) is 18.4 Å². The summed E-state index contributed by atoms with van der Waals surface area (Å²) in [5.41, 5.74) is 6.55. The van der Waals surface area contributed by atoms with Crippen molar-refractivity contribution in [2.24, 2.45) is 0 Å². The molecule has 0 atom stereocenters. The lowest BCUT2D eigenvalue weighted by atomic mass is 10.2.